The van der Waals surface area contributed by atoms with Crippen LogP contribution in [0, 0.1) is 5.92 Å². The van der Waals surface area contributed by atoms with Crippen LogP contribution in [-0.4, -0.2) is 43.5 Å². The van der Waals surface area contributed by atoms with Crippen molar-refractivity contribution in [3.8, 4) is 0 Å². The third-order valence-corrected chi connectivity index (χ3v) is 7.82. The van der Waals surface area contributed by atoms with Gasteiger partial charge in [-0.25, -0.2) is 8.42 Å². The van der Waals surface area contributed by atoms with Gasteiger partial charge in [0.25, 0.3) is 5.91 Å². The smallest absolute Gasteiger partial charge is 0.347 e. The van der Waals surface area contributed by atoms with E-state index in [2.05, 4.69) is 5.32 Å². The van der Waals surface area contributed by atoms with Crippen molar-refractivity contribution in [3.05, 3.63) is 71.3 Å². The van der Waals surface area contributed by atoms with Crippen LogP contribution in [0.3, 0.4) is 0 Å². The van der Waals surface area contributed by atoms with Gasteiger partial charge in [0.1, 0.15) is 0 Å². The number of sulfonamides is 1. The van der Waals surface area contributed by atoms with Crippen molar-refractivity contribution in [2.75, 3.05) is 18.8 Å². The predicted octanol–water partition coefficient (Wildman–Crippen LogP) is 3.64. The topological polar surface area (TPSA) is 66.5 Å². The van der Waals surface area contributed by atoms with Crippen molar-refractivity contribution in [1.29, 1.82) is 0 Å². The molecule has 0 aromatic heterocycles. The number of benzene rings is 2. The Kier molecular flexibility index (Phi) is 5.83. The summed E-state index contributed by atoms with van der Waals surface area (Å²) >= 11 is 0. The molecule has 5 nitrogen and oxygen atoms in total. The standard InChI is InChI=1S/C22H23F3N2O3S/c23-22(24,25)18-10-8-17(9-11-18)21(28)26-20-13-27(31(29,30)14-15-6-7-15)12-19(20)16-4-2-1-3-5-16/h1-5,8-11,15,19-20H,6-7,12-14H2,(H,26,28)/t19-,20+/m1/s1. The fraction of sp³-hybridized carbons (Fsp3) is 0.409. The normalized spacial score (nSPS) is 22.4. The monoisotopic (exact) mass is 452 g/mol. The van der Waals surface area contributed by atoms with E-state index in [1.165, 1.54) is 4.31 Å². The Bertz CT molecular complexity index is 1040. The molecule has 9 heteroatoms. The SMILES string of the molecule is O=C(N[C@H]1CN(S(=O)(=O)CC2CC2)C[C@@H]1c1ccccc1)c1ccc(C(F)(F)F)cc1. The van der Waals surface area contributed by atoms with Gasteiger partial charge in [-0.2, -0.15) is 17.5 Å². The molecule has 0 radical (unpaired) electrons. The second-order valence-electron chi connectivity index (χ2n) is 8.21. The van der Waals surface area contributed by atoms with Gasteiger partial charge in [-0.1, -0.05) is 30.3 Å². The third-order valence-electron chi connectivity index (χ3n) is 5.84. The highest BCUT2D eigenvalue weighted by molar-refractivity contribution is 7.89. The van der Waals surface area contributed by atoms with Gasteiger partial charge in [0.2, 0.25) is 10.0 Å². The first kappa shape index (κ1) is 21.8. The fourth-order valence-electron chi connectivity index (χ4n) is 3.93. The molecule has 1 heterocycles. The third kappa shape index (κ3) is 5.10. The lowest BCUT2D eigenvalue weighted by Crippen LogP contribution is -2.40. The lowest BCUT2D eigenvalue weighted by Gasteiger charge is -2.20. The molecule has 4 rings (SSSR count). The number of carbonyl (C=O) groups is 1. The Morgan fingerprint density at radius 1 is 1.00 bits per heavy atom. The molecular weight excluding hydrogens is 429 g/mol. The molecule has 2 aromatic carbocycles. The van der Waals surface area contributed by atoms with Crippen LogP contribution in [0.5, 0.6) is 0 Å². The molecule has 1 N–H and O–H groups in total. The zero-order valence-corrected chi connectivity index (χ0v) is 17.5. The quantitative estimate of drug-likeness (QED) is 0.728. The minimum absolute atomic E-state index is 0.0964. The van der Waals surface area contributed by atoms with Crippen molar-refractivity contribution in [1.82, 2.24) is 9.62 Å². The van der Waals surface area contributed by atoms with E-state index in [1.54, 1.807) is 0 Å². The van der Waals surface area contributed by atoms with Crippen LogP contribution in [0.15, 0.2) is 54.6 Å². The van der Waals surface area contributed by atoms with Crippen molar-refractivity contribution < 1.29 is 26.4 Å². The first-order valence-corrected chi connectivity index (χ1v) is 11.8. The van der Waals surface area contributed by atoms with Crippen molar-refractivity contribution in [2.45, 2.75) is 31.0 Å². The minimum Gasteiger partial charge on any atom is -0.347 e. The molecule has 1 aliphatic heterocycles. The second-order valence-corrected chi connectivity index (χ2v) is 10.2. The van der Waals surface area contributed by atoms with E-state index in [-0.39, 0.29) is 36.2 Å². The molecule has 166 valence electrons. The molecule has 2 fully saturated rings. The van der Waals surface area contributed by atoms with Gasteiger partial charge in [-0.3, -0.25) is 4.79 Å². The van der Waals surface area contributed by atoms with Gasteiger partial charge in [-0.05, 0) is 48.6 Å². The molecule has 2 atom stereocenters. The summed E-state index contributed by atoms with van der Waals surface area (Å²) in [6.45, 7) is 0.401. The van der Waals surface area contributed by atoms with E-state index >= 15 is 0 Å². The highest BCUT2D eigenvalue weighted by Crippen LogP contribution is 2.35. The highest BCUT2D eigenvalue weighted by Gasteiger charge is 2.42. The number of amides is 1. The lowest BCUT2D eigenvalue weighted by atomic mass is 9.94. The zero-order chi connectivity index (χ0) is 22.2. The number of carbonyl (C=O) groups excluding carboxylic acids is 1. The Morgan fingerprint density at radius 2 is 1.65 bits per heavy atom. The predicted molar refractivity (Wildman–Crippen MR) is 110 cm³/mol. The van der Waals surface area contributed by atoms with Gasteiger partial charge in [0.05, 0.1) is 17.4 Å². The summed E-state index contributed by atoms with van der Waals surface area (Å²) in [5, 5.41) is 2.85. The number of halogens is 3. The number of nitrogens with one attached hydrogen (secondary N) is 1. The molecule has 1 aliphatic carbocycles. The molecule has 31 heavy (non-hydrogen) atoms. The maximum absolute atomic E-state index is 12.8. The summed E-state index contributed by atoms with van der Waals surface area (Å²) < 4.78 is 65.4. The summed E-state index contributed by atoms with van der Waals surface area (Å²) in [5.41, 5.74) is 0.174. The largest absolute Gasteiger partial charge is 0.416 e. The Morgan fingerprint density at radius 3 is 2.23 bits per heavy atom. The lowest BCUT2D eigenvalue weighted by molar-refractivity contribution is -0.137. The maximum Gasteiger partial charge on any atom is 0.416 e. The zero-order valence-electron chi connectivity index (χ0n) is 16.7. The molecule has 2 aliphatic rings. The summed E-state index contributed by atoms with van der Waals surface area (Å²) in [4.78, 5) is 12.7. The average molecular weight is 452 g/mol. The summed E-state index contributed by atoms with van der Waals surface area (Å²) in [5.74, 6) is -0.440. The van der Waals surface area contributed by atoms with Crippen LogP contribution in [0.1, 0.15) is 40.2 Å². The molecule has 0 bridgehead atoms. The van der Waals surface area contributed by atoms with E-state index in [0.717, 1.165) is 42.7 Å². The van der Waals surface area contributed by atoms with Gasteiger partial charge < -0.3 is 5.32 Å². The molecule has 0 spiro atoms. The average Bonchev–Trinajstić information content (AvgIpc) is 3.42. The number of nitrogens with zero attached hydrogens (tertiary/aromatic N) is 1. The Balaban J connectivity index is 1.53. The second kappa shape index (κ2) is 8.27. The molecule has 2 aromatic rings. The molecule has 0 unspecified atom stereocenters. The van der Waals surface area contributed by atoms with E-state index in [1.807, 2.05) is 30.3 Å². The van der Waals surface area contributed by atoms with E-state index < -0.39 is 33.7 Å². The van der Waals surface area contributed by atoms with Gasteiger partial charge >= 0.3 is 6.18 Å². The van der Waals surface area contributed by atoms with Crippen LogP contribution >= 0.6 is 0 Å². The fourth-order valence-corrected chi connectivity index (χ4v) is 5.84. The molecule has 1 saturated carbocycles. The minimum atomic E-state index is -4.48. The Labute approximate surface area is 179 Å². The molecular formula is C22H23F3N2O3S. The van der Waals surface area contributed by atoms with Crippen LogP contribution in [0.2, 0.25) is 0 Å². The highest BCUT2D eigenvalue weighted by atomic mass is 32.2. The van der Waals surface area contributed by atoms with E-state index in [4.69, 9.17) is 0 Å². The van der Waals surface area contributed by atoms with Gasteiger partial charge in [0, 0.05) is 24.6 Å². The molecule has 1 saturated heterocycles. The van der Waals surface area contributed by atoms with Gasteiger partial charge in [0.15, 0.2) is 0 Å². The summed E-state index contributed by atoms with van der Waals surface area (Å²) in [6.07, 6.45) is -2.64. The van der Waals surface area contributed by atoms with Crippen molar-refractivity contribution >= 4 is 15.9 Å². The number of hydrogen-bond acceptors (Lipinski definition) is 3. The molecule has 1 amide bonds. The summed E-state index contributed by atoms with van der Waals surface area (Å²) in [7, 11) is -3.44. The van der Waals surface area contributed by atoms with E-state index in [0.29, 0.717) is 0 Å². The summed E-state index contributed by atoms with van der Waals surface area (Å²) in [6, 6.07) is 12.9. The van der Waals surface area contributed by atoms with Crippen LogP contribution in [0.4, 0.5) is 13.2 Å². The number of alkyl halides is 3. The van der Waals surface area contributed by atoms with Crippen LogP contribution in [-0.2, 0) is 16.2 Å². The first-order chi connectivity index (χ1) is 14.6. The number of hydrogen-bond donors (Lipinski definition) is 1. The van der Waals surface area contributed by atoms with Crippen molar-refractivity contribution in [3.63, 3.8) is 0 Å². The maximum atomic E-state index is 12.8. The van der Waals surface area contributed by atoms with Crippen molar-refractivity contribution in [2.24, 2.45) is 5.92 Å². The number of rotatable bonds is 6. The van der Waals surface area contributed by atoms with E-state index in [9.17, 15) is 26.4 Å². The Hall–Kier alpha value is -2.39. The van der Waals surface area contributed by atoms with Gasteiger partial charge in [-0.15, -0.1) is 0 Å². The van der Waals surface area contributed by atoms with Crippen LogP contribution < -0.4 is 5.32 Å². The van der Waals surface area contributed by atoms with Crippen LogP contribution in [0.25, 0.3) is 0 Å². The first-order valence-electron chi connectivity index (χ1n) is 10.1.